The summed E-state index contributed by atoms with van der Waals surface area (Å²) in [7, 11) is 0. The first-order chi connectivity index (χ1) is 6.57. The van der Waals surface area contributed by atoms with Gasteiger partial charge in [0.25, 0.3) is 0 Å². The average molecular weight is 216 g/mol. The van der Waals surface area contributed by atoms with Gasteiger partial charge in [-0.2, -0.15) is 0 Å². The highest BCUT2D eigenvalue weighted by molar-refractivity contribution is 6.31. The molecule has 0 aliphatic carbocycles. The quantitative estimate of drug-likeness (QED) is 0.822. The third kappa shape index (κ3) is 2.25. The van der Waals surface area contributed by atoms with E-state index >= 15 is 0 Å². The molecule has 14 heavy (non-hydrogen) atoms. The molecular weight excluding hydrogens is 201 g/mol. The summed E-state index contributed by atoms with van der Waals surface area (Å²) in [6, 6.07) is 5.42. The Morgan fingerprint density at radius 3 is 2.57 bits per heavy atom. The molecule has 0 aliphatic rings. The molecule has 0 amide bonds. The maximum Gasteiger partial charge on any atom is 0.124 e. The first-order valence-electron chi connectivity index (χ1n) is 4.70. The van der Waals surface area contributed by atoms with E-state index in [9.17, 15) is 4.39 Å². The molecule has 0 spiro atoms. The molecule has 2 atom stereocenters. The fourth-order valence-electron chi connectivity index (χ4n) is 1.53. The van der Waals surface area contributed by atoms with Gasteiger partial charge >= 0.3 is 0 Å². The highest BCUT2D eigenvalue weighted by Gasteiger charge is 2.16. The minimum Gasteiger partial charge on any atom is -0.330 e. The molecule has 78 valence electrons. The molecule has 1 aromatic carbocycles. The Morgan fingerprint density at radius 2 is 2.07 bits per heavy atom. The summed E-state index contributed by atoms with van der Waals surface area (Å²) in [5, 5.41) is 0.484. The molecule has 0 aromatic heterocycles. The van der Waals surface area contributed by atoms with Crippen LogP contribution in [0.1, 0.15) is 37.1 Å². The van der Waals surface area contributed by atoms with Crippen molar-refractivity contribution in [3.8, 4) is 0 Å². The van der Waals surface area contributed by atoms with Crippen LogP contribution < -0.4 is 5.73 Å². The number of hydrogen-bond acceptors (Lipinski definition) is 1. The van der Waals surface area contributed by atoms with Gasteiger partial charge in [-0.3, -0.25) is 0 Å². The van der Waals surface area contributed by atoms with Crippen molar-refractivity contribution >= 4 is 11.6 Å². The van der Waals surface area contributed by atoms with Crippen LogP contribution in [0.25, 0.3) is 0 Å². The lowest BCUT2D eigenvalue weighted by Crippen LogP contribution is -2.11. The van der Waals surface area contributed by atoms with Crippen molar-refractivity contribution in [3.63, 3.8) is 0 Å². The van der Waals surface area contributed by atoms with E-state index in [4.69, 9.17) is 17.3 Å². The summed E-state index contributed by atoms with van der Waals surface area (Å²) in [4.78, 5) is 0. The van der Waals surface area contributed by atoms with Crippen molar-refractivity contribution in [1.29, 1.82) is 0 Å². The van der Waals surface area contributed by atoms with Crippen LogP contribution in [0.3, 0.4) is 0 Å². The molecule has 2 unspecified atom stereocenters. The van der Waals surface area contributed by atoms with E-state index in [1.807, 2.05) is 19.1 Å². The SMILES string of the molecule is CC(F)c1c(Cl)cccc1C(C)CN. The summed E-state index contributed by atoms with van der Waals surface area (Å²) < 4.78 is 13.3. The minimum absolute atomic E-state index is 0.141. The van der Waals surface area contributed by atoms with E-state index in [1.165, 1.54) is 6.92 Å². The van der Waals surface area contributed by atoms with Gasteiger partial charge in [0.15, 0.2) is 0 Å². The van der Waals surface area contributed by atoms with Crippen molar-refractivity contribution in [2.24, 2.45) is 5.73 Å². The Balaban J connectivity index is 3.21. The van der Waals surface area contributed by atoms with Gasteiger partial charge in [0.05, 0.1) is 0 Å². The standard InChI is InChI=1S/C11H15ClFN/c1-7(6-14)9-4-3-5-10(12)11(9)8(2)13/h3-5,7-8H,6,14H2,1-2H3. The van der Waals surface area contributed by atoms with E-state index in [2.05, 4.69) is 0 Å². The maximum atomic E-state index is 13.3. The van der Waals surface area contributed by atoms with Gasteiger partial charge in [0, 0.05) is 10.6 Å². The molecule has 0 heterocycles. The van der Waals surface area contributed by atoms with Gasteiger partial charge in [0.1, 0.15) is 6.17 Å². The number of alkyl halides is 1. The average Bonchev–Trinajstić information content (AvgIpc) is 2.15. The van der Waals surface area contributed by atoms with Crippen LogP contribution in [0.2, 0.25) is 5.02 Å². The second-order valence-electron chi connectivity index (χ2n) is 3.50. The number of nitrogens with two attached hydrogens (primary N) is 1. The van der Waals surface area contributed by atoms with Gasteiger partial charge in [-0.15, -0.1) is 0 Å². The van der Waals surface area contributed by atoms with Crippen molar-refractivity contribution in [2.45, 2.75) is 25.9 Å². The van der Waals surface area contributed by atoms with E-state index in [1.54, 1.807) is 6.07 Å². The fraction of sp³-hybridized carbons (Fsp3) is 0.455. The van der Waals surface area contributed by atoms with Crippen molar-refractivity contribution in [1.82, 2.24) is 0 Å². The van der Waals surface area contributed by atoms with Crippen molar-refractivity contribution in [2.75, 3.05) is 6.54 Å². The van der Waals surface area contributed by atoms with E-state index in [-0.39, 0.29) is 5.92 Å². The summed E-state index contributed by atoms with van der Waals surface area (Å²) in [6.45, 7) is 3.96. The zero-order valence-corrected chi connectivity index (χ0v) is 9.18. The predicted molar refractivity (Wildman–Crippen MR) is 58.4 cm³/mol. The Kier molecular flexibility index (Phi) is 3.90. The predicted octanol–water partition coefficient (Wildman–Crippen LogP) is 3.43. The molecule has 0 aliphatic heterocycles. The zero-order valence-electron chi connectivity index (χ0n) is 8.43. The maximum absolute atomic E-state index is 13.3. The molecule has 0 saturated heterocycles. The molecule has 1 aromatic rings. The molecule has 2 N–H and O–H groups in total. The lowest BCUT2D eigenvalue weighted by molar-refractivity contribution is 0.371. The van der Waals surface area contributed by atoms with Gasteiger partial charge < -0.3 is 5.73 Å². The fourth-order valence-corrected chi connectivity index (χ4v) is 1.86. The monoisotopic (exact) mass is 215 g/mol. The lowest BCUT2D eigenvalue weighted by Gasteiger charge is -2.16. The van der Waals surface area contributed by atoms with Crippen LogP contribution in [0.15, 0.2) is 18.2 Å². The first kappa shape index (κ1) is 11.5. The molecule has 1 rings (SSSR count). The highest BCUT2D eigenvalue weighted by Crippen LogP contribution is 2.32. The van der Waals surface area contributed by atoms with Crippen molar-refractivity contribution in [3.05, 3.63) is 34.3 Å². The number of rotatable bonds is 3. The van der Waals surface area contributed by atoms with Gasteiger partial charge in [-0.1, -0.05) is 30.7 Å². The summed E-state index contributed by atoms with van der Waals surface area (Å²) in [5.41, 5.74) is 7.05. The second-order valence-corrected chi connectivity index (χ2v) is 3.90. The topological polar surface area (TPSA) is 26.0 Å². The Bertz CT molecular complexity index is 312. The highest BCUT2D eigenvalue weighted by atomic mass is 35.5. The molecule has 3 heteroatoms. The van der Waals surface area contributed by atoms with Gasteiger partial charge in [0.2, 0.25) is 0 Å². The summed E-state index contributed by atoms with van der Waals surface area (Å²) in [6.07, 6.45) is -1.05. The lowest BCUT2D eigenvalue weighted by atomic mass is 9.94. The Labute approximate surface area is 89.1 Å². The zero-order chi connectivity index (χ0) is 10.7. The molecule has 0 radical (unpaired) electrons. The summed E-state index contributed by atoms with van der Waals surface area (Å²) in [5.74, 6) is 0.141. The minimum atomic E-state index is -1.05. The van der Waals surface area contributed by atoms with E-state index in [0.29, 0.717) is 17.1 Å². The first-order valence-corrected chi connectivity index (χ1v) is 5.08. The molecular formula is C11H15ClFN. The number of benzene rings is 1. The second kappa shape index (κ2) is 4.76. The van der Waals surface area contributed by atoms with Gasteiger partial charge in [-0.25, -0.2) is 4.39 Å². The Morgan fingerprint density at radius 1 is 1.43 bits per heavy atom. The van der Waals surface area contributed by atoms with Crippen molar-refractivity contribution < 1.29 is 4.39 Å². The molecule has 0 bridgehead atoms. The normalized spacial score (nSPS) is 15.2. The number of halogens is 2. The molecule has 0 saturated carbocycles. The van der Waals surface area contributed by atoms with Crippen LogP contribution >= 0.6 is 11.6 Å². The summed E-state index contributed by atoms with van der Waals surface area (Å²) >= 11 is 5.94. The van der Waals surface area contributed by atoms with Gasteiger partial charge in [-0.05, 0) is 31.0 Å². The Hall–Kier alpha value is -0.600. The third-order valence-corrected chi connectivity index (χ3v) is 2.70. The van der Waals surface area contributed by atoms with E-state index in [0.717, 1.165) is 5.56 Å². The van der Waals surface area contributed by atoms with Crippen LogP contribution in [0.4, 0.5) is 4.39 Å². The number of hydrogen-bond donors (Lipinski definition) is 1. The van der Waals surface area contributed by atoms with Crippen LogP contribution in [-0.2, 0) is 0 Å². The molecule has 1 nitrogen and oxygen atoms in total. The van der Waals surface area contributed by atoms with Crippen LogP contribution in [0, 0.1) is 0 Å². The third-order valence-electron chi connectivity index (χ3n) is 2.37. The van der Waals surface area contributed by atoms with E-state index < -0.39 is 6.17 Å². The molecule has 0 fully saturated rings. The largest absolute Gasteiger partial charge is 0.330 e. The van der Waals surface area contributed by atoms with Crippen LogP contribution in [0.5, 0.6) is 0 Å². The van der Waals surface area contributed by atoms with Crippen LogP contribution in [-0.4, -0.2) is 6.54 Å². The smallest absolute Gasteiger partial charge is 0.124 e.